The zero-order valence-corrected chi connectivity index (χ0v) is 13.1. The maximum Gasteiger partial charge on any atom is 0.264 e. The number of hydrogen-bond donors (Lipinski definition) is 1. The molecule has 0 aromatic heterocycles. The number of carbonyl (C=O) groups is 2. The van der Waals surface area contributed by atoms with Crippen LogP contribution in [0.15, 0.2) is 18.2 Å². The molecule has 1 N–H and O–H groups in total. The molecule has 0 fully saturated rings. The van der Waals surface area contributed by atoms with Crippen LogP contribution in [0.25, 0.3) is 0 Å². The van der Waals surface area contributed by atoms with E-state index in [1.165, 1.54) is 6.92 Å². The van der Waals surface area contributed by atoms with E-state index in [9.17, 15) is 14.7 Å². The predicted octanol–water partition coefficient (Wildman–Crippen LogP) is 2.55. The summed E-state index contributed by atoms with van der Waals surface area (Å²) in [7, 11) is 0. The number of benzene rings is 1. The first-order chi connectivity index (χ1) is 9.77. The number of fused-ring (bicyclic) bond motifs is 1. The van der Waals surface area contributed by atoms with Gasteiger partial charge in [0.15, 0.2) is 5.60 Å². The van der Waals surface area contributed by atoms with Gasteiger partial charge in [-0.2, -0.15) is 0 Å². The third-order valence-corrected chi connectivity index (χ3v) is 3.99. The van der Waals surface area contributed by atoms with Crippen LogP contribution in [0.1, 0.15) is 44.7 Å². The number of hydrogen-bond acceptors (Lipinski definition) is 3. The fourth-order valence-electron chi connectivity index (χ4n) is 2.92. The Morgan fingerprint density at radius 2 is 2.05 bits per heavy atom. The van der Waals surface area contributed by atoms with Crippen molar-refractivity contribution in [2.75, 3.05) is 11.4 Å². The van der Waals surface area contributed by atoms with Crippen LogP contribution in [0.2, 0.25) is 0 Å². The lowest BCUT2D eigenvalue weighted by Gasteiger charge is -2.23. The topological polar surface area (TPSA) is 57.6 Å². The molecule has 1 aromatic rings. The summed E-state index contributed by atoms with van der Waals surface area (Å²) in [6, 6.07) is 5.49. The van der Waals surface area contributed by atoms with Crippen LogP contribution in [-0.2, 0) is 15.2 Å². The highest BCUT2D eigenvalue weighted by Gasteiger charge is 2.50. The van der Waals surface area contributed by atoms with Gasteiger partial charge in [-0.3, -0.25) is 9.59 Å². The van der Waals surface area contributed by atoms with E-state index in [2.05, 4.69) is 13.8 Å². The molecule has 1 heterocycles. The number of nitrogens with zero attached hydrogens (tertiary/aromatic N) is 1. The Kier molecular flexibility index (Phi) is 4.19. The Labute approximate surface area is 125 Å². The predicted molar refractivity (Wildman–Crippen MR) is 82.2 cm³/mol. The van der Waals surface area contributed by atoms with Crippen molar-refractivity contribution in [1.29, 1.82) is 0 Å². The summed E-state index contributed by atoms with van der Waals surface area (Å²) in [6.07, 6.45) is 0.691. The third-order valence-electron chi connectivity index (χ3n) is 3.99. The molecule has 4 nitrogen and oxygen atoms in total. The molecule has 0 radical (unpaired) electrons. The summed E-state index contributed by atoms with van der Waals surface area (Å²) in [5.74, 6) is -0.0987. The molecule has 0 spiro atoms. The fraction of sp³-hybridized carbons (Fsp3) is 0.529. The molecule has 4 heteroatoms. The van der Waals surface area contributed by atoms with Crippen LogP contribution in [0, 0.1) is 12.8 Å². The maximum atomic E-state index is 12.7. The SMILES string of the molecule is CC(=O)C[C@@]1(O)C(=O)N(CCC(C)C)c2c(C)cccc21. The molecule has 0 bridgehead atoms. The van der Waals surface area contributed by atoms with Gasteiger partial charge < -0.3 is 10.0 Å². The van der Waals surface area contributed by atoms with Gasteiger partial charge in [-0.1, -0.05) is 32.0 Å². The third kappa shape index (κ3) is 2.72. The van der Waals surface area contributed by atoms with Gasteiger partial charge in [0.25, 0.3) is 5.91 Å². The van der Waals surface area contributed by atoms with Gasteiger partial charge in [0.05, 0.1) is 5.69 Å². The summed E-state index contributed by atoms with van der Waals surface area (Å²) >= 11 is 0. The molecule has 0 unspecified atom stereocenters. The number of aliphatic hydroxyl groups is 1. The second-order valence-corrected chi connectivity index (χ2v) is 6.35. The molecule has 1 atom stereocenters. The first-order valence-electron chi connectivity index (χ1n) is 7.41. The van der Waals surface area contributed by atoms with Crippen molar-refractivity contribution in [3.8, 4) is 0 Å². The minimum absolute atomic E-state index is 0.166. The van der Waals surface area contributed by atoms with Gasteiger partial charge >= 0.3 is 0 Å². The number of anilines is 1. The zero-order chi connectivity index (χ0) is 15.8. The molecule has 1 aromatic carbocycles. The second kappa shape index (κ2) is 5.60. The van der Waals surface area contributed by atoms with E-state index < -0.39 is 5.60 Å². The van der Waals surface area contributed by atoms with Crippen LogP contribution in [0.5, 0.6) is 0 Å². The van der Waals surface area contributed by atoms with Crippen LogP contribution < -0.4 is 4.90 Å². The average Bonchev–Trinajstić information content (AvgIpc) is 2.58. The average molecular weight is 289 g/mol. The molecule has 1 amide bonds. The molecule has 0 aliphatic carbocycles. The number of rotatable bonds is 5. The summed E-state index contributed by atoms with van der Waals surface area (Å²) in [6.45, 7) is 8.09. The Balaban J connectivity index is 2.48. The standard InChI is InChI=1S/C17H23NO3/c1-11(2)8-9-18-15-12(3)6-5-7-14(15)17(21,16(18)20)10-13(4)19/h5-7,11,21H,8-10H2,1-4H3/t17-/m0/s1. The number of para-hydroxylation sites is 1. The molecule has 0 saturated carbocycles. The lowest BCUT2D eigenvalue weighted by Crippen LogP contribution is -2.42. The number of carbonyl (C=O) groups excluding carboxylic acids is 2. The summed E-state index contributed by atoms with van der Waals surface area (Å²) < 4.78 is 0. The number of amides is 1. The Bertz CT molecular complexity index is 579. The second-order valence-electron chi connectivity index (χ2n) is 6.35. The van der Waals surface area contributed by atoms with E-state index in [1.54, 1.807) is 11.0 Å². The van der Waals surface area contributed by atoms with Gasteiger partial charge in [-0.25, -0.2) is 0 Å². The van der Waals surface area contributed by atoms with Crippen LogP contribution >= 0.6 is 0 Å². The van der Waals surface area contributed by atoms with Crippen molar-refractivity contribution in [1.82, 2.24) is 0 Å². The smallest absolute Gasteiger partial charge is 0.264 e. The first-order valence-corrected chi connectivity index (χ1v) is 7.41. The first kappa shape index (κ1) is 15.7. The Morgan fingerprint density at radius 3 is 2.62 bits per heavy atom. The van der Waals surface area contributed by atoms with E-state index in [0.29, 0.717) is 18.0 Å². The van der Waals surface area contributed by atoms with Crippen molar-refractivity contribution < 1.29 is 14.7 Å². The lowest BCUT2D eigenvalue weighted by molar-refractivity contribution is -0.141. The van der Waals surface area contributed by atoms with Crippen molar-refractivity contribution in [3.63, 3.8) is 0 Å². The lowest BCUT2D eigenvalue weighted by atomic mass is 9.89. The Hall–Kier alpha value is -1.68. The minimum atomic E-state index is -1.70. The maximum absolute atomic E-state index is 12.7. The quantitative estimate of drug-likeness (QED) is 0.906. The highest BCUT2D eigenvalue weighted by Crippen LogP contribution is 2.44. The van der Waals surface area contributed by atoms with Gasteiger partial charge in [-0.15, -0.1) is 0 Å². The van der Waals surface area contributed by atoms with Crippen molar-refractivity contribution in [2.24, 2.45) is 5.92 Å². The summed E-state index contributed by atoms with van der Waals surface area (Å²) in [5.41, 5.74) is 0.576. The van der Waals surface area contributed by atoms with Crippen molar-refractivity contribution >= 4 is 17.4 Å². The molecular weight excluding hydrogens is 266 g/mol. The molecule has 1 aliphatic heterocycles. The molecule has 0 saturated heterocycles. The van der Waals surface area contributed by atoms with Crippen LogP contribution in [0.4, 0.5) is 5.69 Å². The summed E-state index contributed by atoms with van der Waals surface area (Å²) in [4.78, 5) is 25.8. The summed E-state index contributed by atoms with van der Waals surface area (Å²) in [5, 5.41) is 10.8. The van der Waals surface area contributed by atoms with Gasteiger partial charge in [-0.05, 0) is 31.7 Å². The van der Waals surface area contributed by atoms with E-state index in [-0.39, 0.29) is 18.1 Å². The fourth-order valence-corrected chi connectivity index (χ4v) is 2.92. The van der Waals surface area contributed by atoms with E-state index in [0.717, 1.165) is 17.7 Å². The van der Waals surface area contributed by atoms with Crippen molar-refractivity contribution in [2.45, 2.75) is 46.1 Å². The van der Waals surface area contributed by atoms with E-state index in [4.69, 9.17) is 0 Å². The van der Waals surface area contributed by atoms with E-state index >= 15 is 0 Å². The molecule has 21 heavy (non-hydrogen) atoms. The zero-order valence-electron chi connectivity index (χ0n) is 13.1. The number of Topliss-reactive ketones (excluding diaryl/α,β-unsaturated/α-hetero) is 1. The largest absolute Gasteiger partial charge is 0.375 e. The number of aryl methyl sites for hydroxylation is 1. The molecule has 1 aliphatic rings. The molecule has 114 valence electrons. The van der Waals surface area contributed by atoms with Crippen LogP contribution in [-0.4, -0.2) is 23.3 Å². The van der Waals surface area contributed by atoms with Gasteiger partial charge in [0, 0.05) is 18.5 Å². The van der Waals surface area contributed by atoms with Crippen molar-refractivity contribution in [3.05, 3.63) is 29.3 Å². The number of ketones is 1. The Morgan fingerprint density at radius 1 is 1.38 bits per heavy atom. The van der Waals surface area contributed by atoms with Gasteiger partial charge in [0.1, 0.15) is 5.78 Å². The highest BCUT2D eigenvalue weighted by molar-refractivity contribution is 6.09. The van der Waals surface area contributed by atoms with Crippen LogP contribution in [0.3, 0.4) is 0 Å². The monoisotopic (exact) mass is 289 g/mol. The minimum Gasteiger partial charge on any atom is -0.375 e. The highest BCUT2D eigenvalue weighted by atomic mass is 16.3. The molecular formula is C17H23NO3. The van der Waals surface area contributed by atoms with Gasteiger partial charge in [0.2, 0.25) is 0 Å². The molecule has 2 rings (SSSR count). The normalized spacial score (nSPS) is 21.0. The van der Waals surface area contributed by atoms with E-state index in [1.807, 2.05) is 19.1 Å².